The summed E-state index contributed by atoms with van der Waals surface area (Å²) >= 11 is 0. The Morgan fingerprint density at radius 1 is 1.39 bits per heavy atom. The molecule has 0 radical (unpaired) electrons. The van der Waals surface area contributed by atoms with Crippen molar-refractivity contribution in [2.75, 3.05) is 25.4 Å². The number of anilines is 1. The number of nitrogen functional groups attached to an aromatic ring is 1. The summed E-state index contributed by atoms with van der Waals surface area (Å²) in [6.07, 6.45) is 4.09. The van der Waals surface area contributed by atoms with Crippen LogP contribution in [0, 0.1) is 0 Å². The number of fused-ring (bicyclic) bond motifs is 1. The summed E-state index contributed by atoms with van der Waals surface area (Å²) in [5.74, 6) is 1.20. The van der Waals surface area contributed by atoms with Crippen LogP contribution in [0.2, 0.25) is 0 Å². The molecular weight excluding hydrogens is 226 g/mol. The third kappa shape index (κ3) is 1.95. The van der Waals surface area contributed by atoms with Gasteiger partial charge in [0.15, 0.2) is 5.65 Å². The highest BCUT2D eigenvalue weighted by Crippen LogP contribution is 2.27. The number of likely N-dealkylation sites (tertiary alicyclic amines) is 1. The molecule has 1 saturated heterocycles. The van der Waals surface area contributed by atoms with E-state index < -0.39 is 0 Å². The average Bonchev–Trinajstić information content (AvgIpc) is 2.84. The van der Waals surface area contributed by atoms with Gasteiger partial charge in [-0.25, -0.2) is 4.98 Å². The van der Waals surface area contributed by atoms with Gasteiger partial charge in [-0.05, 0) is 38.5 Å². The molecule has 96 valence electrons. The molecule has 0 saturated carbocycles. The first-order chi connectivity index (χ1) is 8.78. The van der Waals surface area contributed by atoms with Crippen molar-refractivity contribution in [1.82, 2.24) is 19.5 Å². The van der Waals surface area contributed by atoms with Crippen LogP contribution >= 0.6 is 0 Å². The van der Waals surface area contributed by atoms with Crippen molar-refractivity contribution < 1.29 is 0 Å². The number of hydrogen-bond donors (Lipinski definition) is 1. The fourth-order valence-corrected chi connectivity index (χ4v) is 2.68. The SMILES string of the molecule is CCN1CCC(c2cc3nccc(N)n3n2)CC1. The summed E-state index contributed by atoms with van der Waals surface area (Å²) in [6, 6.07) is 3.85. The van der Waals surface area contributed by atoms with Crippen LogP contribution in [-0.2, 0) is 0 Å². The maximum absolute atomic E-state index is 5.89. The predicted molar refractivity (Wildman–Crippen MR) is 71.5 cm³/mol. The van der Waals surface area contributed by atoms with Crippen LogP contribution in [0.1, 0.15) is 31.4 Å². The van der Waals surface area contributed by atoms with Crippen LogP contribution in [0.25, 0.3) is 5.65 Å². The van der Waals surface area contributed by atoms with Gasteiger partial charge in [0.2, 0.25) is 0 Å². The minimum absolute atomic E-state index is 0.550. The van der Waals surface area contributed by atoms with E-state index in [2.05, 4.69) is 28.0 Å². The van der Waals surface area contributed by atoms with Gasteiger partial charge in [-0.3, -0.25) is 0 Å². The van der Waals surface area contributed by atoms with Crippen LogP contribution < -0.4 is 5.73 Å². The molecule has 1 aliphatic rings. The zero-order valence-corrected chi connectivity index (χ0v) is 10.7. The third-order valence-electron chi connectivity index (χ3n) is 3.86. The van der Waals surface area contributed by atoms with Gasteiger partial charge in [0.1, 0.15) is 5.82 Å². The second-order valence-corrected chi connectivity index (χ2v) is 4.92. The number of hydrogen-bond acceptors (Lipinski definition) is 4. The van der Waals surface area contributed by atoms with Gasteiger partial charge in [-0.2, -0.15) is 9.61 Å². The molecule has 2 aromatic rings. The molecule has 1 aliphatic heterocycles. The maximum Gasteiger partial charge on any atom is 0.157 e. The van der Waals surface area contributed by atoms with Gasteiger partial charge < -0.3 is 10.6 Å². The molecule has 0 unspecified atom stereocenters. The van der Waals surface area contributed by atoms with E-state index in [1.54, 1.807) is 16.8 Å². The van der Waals surface area contributed by atoms with Crippen molar-refractivity contribution in [2.45, 2.75) is 25.7 Å². The number of rotatable bonds is 2. The van der Waals surface area contributed by atoms with Gasteiger partial charge in [0.05, 0.1) is 5.69 Å². The van der Waals surface area contributed by atoms with Gasteiger partial charge in [-0.1, -0.05) is 6.92 Å². The van der Waals surface area contributed by atoms with Gasteiger partial charge in [0.25, 0.3) is 0 Å². The normalized spacial score (nSPS) is 18.5. The molecule has 0 aromatic carbocycles. The summed E-state index contributed by atoms with van der Waals surface area (Å²) in [5.41, 5.74) is 7.88. The summed E-state index contributed by atoms with van der Waals surface area (Å²) < 4.78 is 1.74. The molecule has 0 spiro atoms. The average molecular weight is 245 g/mol. The molecule has 0 amide bonds. The summed E-state index contributed by atoms with van der Waals surface area (Å²) in [7, 11) is 0. The molecule has 3 heterocycles. The molecule has 3 rings (SSSR count). The topological polar surface area (TPSA) is 59.5 Å². The van der Waals surface area contributed by atoms with Gasteiger partial charge in [0, 0.05) is 18.2 Å². The predicted octanol–water partition coefficient (Wildman–Crippen LogP) is 1.51. The minimum Gasteiger partial charge on any atom is -0.384 e. The number of piperidine rings is 1. The molecule has 0 aliphatic carbocycles. The Morgan fingerprint density at radius 3 is 2.83 bits per heavy atom. The third-order valence-corrected chi connectivity index (χ3v) is 3.86. The van der Waals surface area contributed by atoms with Crippen LogP contribution in [0.3, 0.4) is 0 Å². The molecule has 0 atom stereocenters. The Morgan fingerprint density at radius 2 is 2.17 bits per heavy atom. The molecule has 18 heavy (non-hydrogen) atoms. The van der Waals surface area contributed by atoms with Crippen molar-refractivity contribution in [2.24, 2.45) is 0 Å². The van der Waals surface area contributed by atoms with E-state index in [9.17, 15) is 0 Å². The molecule has 2 N–H and O–H groups in total. The largest absolute Gasteiger partial charge is 0.384 e. The molecule has 0 bridgehead atoms. The summed E-state index contributed by atoms with van der Waals surface area (Å²) in [5, 5.41) is 4.60. The van der Waals surface area contributed by atoms with E-state index in [4.69, 9.17) is 5.73 Å². The lowest BCUT2D eigenvalue weighted by molar-refractivity contribution is 0.221. The second-order valence-electron chi connectivity index (χ2n) is 4.92. The van der Waals surface area contributed by atoms with Gasteiger partial charge >= 0.3 is 0 Å². The Bertz CT molecular complexity index is 539. The number of aromatic nitrogens is 3. The Balaban J connectivity index is 1.85. The maximum atomic E-state index is 5.89. The van der Waals surface area contributed by atoms with Crippen LogP contribution in [0.4, 0.5) is 5.82 Å². The van der Waals surface area contributed by atoms with Crippen molar-refractivity contribution in [3.05, 3.63) is 24.0 Å². The highest BCUT2D eigenvalue weighted by atomic mass is 15.3. The number of nitrogens with two attached hydrogens (primary N) is 1. The van der Waals surface area contributed by atoms with E-state index in [1.807, 2.05) is 0 Å². The zero-order valence-electron chi connectivity index (χ0n) is 10.7. The van der Waals surface area contributed by atoms with Crippen LogP contribution in [0.5, 0.6) is 0 Å². The molecule has 5 nitrogen and oxygen atoms in total. The fourth-order valence-electron chi connectivity index (χ4n) is 2.68. The van der Waals surface area contributed by atoms with Gasteiger partial charge in [-0.15, -0.1) is 0 Å². The molecule has 5 heteroatoms. The van der Waals surface area contributed by atoms with E-state index in [0.29, 0.717) is 11.7 Å². The monoisotopic (exact) mass is 245 g/mol. The van der Waals surface area contributed by atoms with E-state index in [-0.39, 0.29) is 0 Å². The molecule has 2 aromatic heterocycles. The fraction of sp³-hybridized carbons (Fsp3) is 0.538. The standard InChI is InChI=1S/C13H19N5/c1-2-17-7-4-10(5-8-17)11-9-13-15-6-3-12(14)18(13)16-11/h3,6,9-10H,2,4-5,7-8,14H2,1H3. The van der Waals surface area contributed by atoms with E-state index in [0.717, 1.165) is 31.0 Å². The van der Waals surface area contributed by atoms with Crippen molar-refractivity contribution in [3.8, 4) is 0 Å². The Kier molecular flexibility index (Phi) is 2.91. The summed E-state index contributed by atoms with van der Waals surface area (Å²) in [6.45, 7) is 5.69. The lowest BCUT2D eigenvalue weighted by Gasteiger charge is -2.29. The van der Waals surface area contributed by atoms with E-state index in [1.165, 1.54) is 12.8 Å². The van der Waals surface area contributed by atoms with E-state index >= 15 is 0 Å². The number of nitrogens with zero attached hydrogens (tertiary/aromatic N) is 4. The Hall–Kier alpha value is -1.62. The molecule has 1 fully saturated rings. The first-order valence-corrected chi connectivity index (χ1v) is 6.60. The van der Waals surface area contributed by atoms with Crippen LogP contribution in [0.15, 0.2) is 18.3 Å². The minimum atomic E-state index is 0.550. The highest BCUT2D eigenvalue weighted by Gasteiger charge is 2.22. The highest BCUT2D eigenvalue weighted by molar-refractivity contribution is 5.46. The lowest BCUT2D eigenvalue weighted by atomic mass is 9.94. The lowest BCUT2D eigenvalue weighted by Crippen LogP contribution is -2.32. The second kappa shape index (κ2) is 4.57. The van der Waals surface area contributed by atoms with Crippen molar-refractivity contribution >= 4 is 11.5 Å². The van der Waals surface area contributed by atoms with Crippen molar-refractivity contribution in [1.29, 1.82) is 0 Å². The quantitative estimate of drug-likeness (QED) is 0.871. The first kappa shape index (κ1) is 11.5. The van der Waals surface area contributed by atoms with Crippen LogP contribution in [-0.4, -0.2) is 39.1 Å². The molecular formula is C13H19N5. The Labute approximate surface area is 107 Å². The zero-order chi connectivity index (χ0) is 12.5. The smallest absolute Gasteiger partial charge is 0.157 e. The first-order valence-electron chi connectivity index (χ1n) is 6.60. The summed E-state index contributed by atoms with van der Waals surface area (Å²) in [4.78, 5) is 6.78. The van der Waals surface area contributed by atoms with Crippen molar-refractivity contribution in [3.63, 3.8) is 0 Å².